The third-order valence-corrected chi connectivity index (χ3v) is 5.18. The van der Waals surface area contributed by atoms with Crippen LogP contribution in [-0.4, -0.2) is 37.1 Å². The van der Waals surface area contributed by atoms with E-state index in [1.807, 2.05) is 24.3 Å². The van der Waals surface area contributed by atoms with Gasteiger partial charge < -0.3 is 20.3 Å². The lowest BCUT2D eigenvalue weighted by Gasteiger charge is -2.31. The molecule has 1 saturated heterocycles. The van der Waals surface area contributed by atoms with Gasteiger partial charge in [-0.2, -0.15) is 0 Å². The summed E-state index contributed by atoms with van der Waals surface area (Å²) in [5, 5.41) is 5.84. The summed E-state index contributed by atoms with van der Waals surface area (Å²) in [7, 11) is 0. The Labute approximate surface area is 172 Å². The van der Waals surface area contributed by atoms with E-state index in [9.17, 15) is 9.18 Å². The van der Waals surface area contributed by atoms with Gasteiger partial charge in [0.05, 0.1) is 0 Å². The van der Waals surface area contributed by atoms with Crippen molar-refractivity contribution in [2.24, 2.45) is 5.92 Å². The highest BCUT2D eigenvalue weighted by atomic mass is 19.1. The van der Waals surface area contributed by atoms with E-state index < -0.39 is 0 Å². The first-order valence-electron chi connectivity index (χ1n) is 10.4. The smallest absolute Gasteiger partial charge is 0.319 e. The number of anilines is 1. The van der Waals surface area contributed by atoms with Gasteiger partial charge in [0, 0.05) is 18.3 Å². The van der Waals surface area contributed by atoms with Gasteiger partial charge in [-0.1, -0.05) is 25.1 Å². The molecule has 3 rings (SSSR count). The van der Waals surface area contributed by atoms with Gasteiger partial charge in [0.15, 0.2) is 0 Å². The predicted molar refractivity (Wildman–Crippen MR) is 114 cm³/mol. The summed E-state index contributed by atoms with van der Waals surface area (Å²) in [6.45, 7) is 6.57. The average Bonchev–Trinajstić information content (AvgIpc) is 2.72. The Morgan fingerprint density at radius 3 is 2.72 bits per heavy atom. The number of amides is 2. The van der Waals surface area contributed by atoms with E-state index in [1.165, 1.54) is 18.6 Å². The number of carbonyl (C=O) groups is 1. The number of piperidine rings is 1. The summed E-state index contributed by atoms with van der Waals surface area (Å²) in [5.41, 5.74) is 1.42. The minimum Gasteiger partial charge on any atom is -0.489 e. The van der Waals surface area contributed by atoms with Crippen LogP contribution in [0.3, 0.4) is 0 Å². The third kappa shape index (κ3) is 7.06. The SMILES string of the molecule is CCCN1CCC(CNC(=O)Nc2cccc(OCc3cccc(F)c3)c2)CC1. The summed E-state index contributed by atoms with van der Waals surface area (Å²) in [6, 6.07) is 13.3. The molecule has 1 heterocycles. The van der Waals surface area contributed by atoms with Gasteiger partial charge in [0.1, 0.15) is 18.2 Å². The van der Waals surface area contributed by atoms with Crippen molar-refractivity contribution in [2.75, 3.05) is 31.5 Å². The van der Waals surface area contributed by atoms with Gasteiger partial charge in [0.2, 0.25) is 0 Å². The van der Waals surface area contributed by atoms with Gasteiger partial charge in [-0.05, 0) is 74.6 Å². The van der Waals surface area contributed by atoms with Crippen LogP contribution in [-0.2, 0) is 6.61 Å². The molecule has 5 nitrogen and oxygen atoms in total. The predicted octanol–water partition coefficient (Wildman–Crippen LogP) is 4.65. The minimum atomic E-state index is -0.283. The lowest BCUT2D eigenvalue weighted by atomic mass is 9.97. The number of hydrogen-bond acceptors (Lipinski definition) is 3. The maximum absolute atomic E-state index is 13.2. The monoisotopic (exact) mass is 399 g/mol. The largest absolute Gasteiger partial charge is 0.489 e. The van der Waals surface area contributed by atoms with Crippen LogP contribution in [0.1, 0.15) is 31.7 Å². The maximum Gasteiger partial charge on any atom is 0.319 e. The van der Waals surface area contributed by atoms with Crippen LogP contribution in [0.15, 0.2) is 48.5 Å². The van der Waals surface area contributed by atoms with E-state index in [-0.39, 0.29) is 18.5 Å². The molecule has 0 unspecified atom stereocenters. The van der Waals surface area contributed by atoms with Crippen molar-refractivity contribution in [2.45, 2.75) is 32.8 Å². The Bertz CT molecular complexity index is 791. The van der Waals surface area contributed by atoms with Crippen molar-refractivity contribution < 1.29 is 13.9 Å². The van der Waals surface area contributed by atoms with Crippen molar-refractivity contribution in [1.82, 2.24) is 10.2 Å². The Hall–Kier alpha value is -2.60. The van der Waals surface area contributed by atoms with E-state index >= 15 is 0 Å². The number of ether oxygens (including phenoxy) is 1. The summed E-state index contributed by atoms with van der Waals surface area (Å²) in [5.74, 6) is 0.874. The van der Waals surface area contributed by atoms with Gasteiger partial charge in [-0.15, -0.1) is 0 Å². The molecular weight excluding hydrogens is 369 g/mol. The quantitative estimate of drug-likeness (QED) is 0.679. The Morgan fingerprint density at radius 2 is 1.97 bits per heavy atom. The van der Waals surface area contributed by atoms with Gasteiger partial charge in [-0.25, -0.2) is 9.18 Å². The van der Waals surface area contributed by atoms with Gasteiger partial charge in [0.25, 0.3) is 0 Å². The van der Waals surface area contributed by atoms with Crippen LogP contribution in [0.5, 0.6) is 5.75 Å². The molecule has 2 N–H and O–H groups in total. The molecule has 0 spiro atoms. The molecule has 0 saturated carbocycles. The first kappa shape index (κ1) is 21.1. The summed E-state index contributed by atoms with van der Waals surface area (Å²) in [6.07, 6.45) is 3.45. The van der Waals surface area contributed by atoms with Crippen molar-refractivity contribution >= 4 is 11.7 Å². The zero-order valence-electron chi connectivity index (χ0n) is 17.0. The number of nitrogens with one attached hydrogen (secondary N) is 2. The molecule has 2 aromatic carbocycles. The number of likely N-dealkylation sites (tertiary alicyclic amines) is 1. The summed E-state index contributed by atoms with van der Waals surface area (Å²) >= 11 is 0. The van der Waals surface area contributed by atoms with Crippen molar-refractivity contribution in [1.29, 1.82) is 0 Å². The van der Waals surface area contributed by atoms with Gasteiger partial charge in [-0.3, -0.25) is 0 Å². The fraction of sp³-hybridized carbons (Fsp3) is 0.435. The Kier molecular flexibility index (Phi) is 7.87. The van der Waals surface area contributed by atoms with Crippen LogP contribution >= 0.6 is 0 Å². The summed E-state index contributed by atoms with van der Waals surface area (Å²) < 4.78 is 19.0. The molecule has 0 bridgehead atoms. The summed E-state index contributed by atoms with van der Waals surface area (Å²) in [4.78, 5) is 14.7. The number of carbonyl (C=O) groups excluding carboxylic acids is 1. The van der Waals surface area contributed by atoms with Crippen molar-refractivity contribution in [3.05, 3.63) is 59.9 Å². The second-order valence-electron chi connectivity index (χ2n) is 7.57. The molecule has 29 heavy (non-hydrogen) atoms. The van der Waals surface area contributed by atoms with Crippen LogP contribution < -0.4 is 15.4 Å². The fourth-order valence-electron chi connectivity index (χ4n) is 3.60. The number of benzene rings is 2. The van der Waals surface area contributed by atoms with Crippen LogP contribution in [0.4, 0.5) is 14.9 Å². The van der Waals surface area contributed by atoms with E-state index in [0.717, 1.165) is 38.0 Å². The van der Waals surface area contributed by atoms with Crippen LogP contribution in [0.25, 0.3) is 0 Å². The molecule has 1 aliphatic rings. The van der Waals surface area contributed by atoms with Crippen LogP contribution in [0, 0.1) is 11.7 Å². The molecule has 0 aromatic heterocycles. The third-order valence-electron chi connectivity index (χ3n) is 5.18. The molecule has 0 radical (unpaired) electrons. The lowest BCUT2D eigenvalue weighted by Crippen LogP contribution is -2.40. The van der Waals surface area contributed by atoms with E-state index in [4.69, 9.17) is 4.74 Å². The normalized spacial score (nSPS) is 15.1. The zero-order valence-corrected chi connectivity index (χ0v) is 17.0. The second kappa shape index (κ2) is 10.8. The van der Waals surface area contributed by atoms with E-state index in [1.54, 1.807) is 12.1 Å². The highest BCUT2D eigenvalue weighted by Gasteiger charge is 2.19. The second-order valence-corrected chi connectivity index (χ2v) is 7.57. The first-order chi connectivity index (χ1) is 14.1. The average molecular weight is 400 g/mol. The number of halogens is 1. The maximum atomic E-state index is 13.2. The molecule has 1 aliphatic heterocycles. The molecule has 2 amide bonds. The topological polar surface area (TPSA) is 53.6 Å². The van der Waals surface area contributed by atoms with Gasteiger partial charge >= 0.3 is 6.03 Å². The molecule has 6 heteroatoms. The highest BCUT2D eigenvalue weighted by Crippen LogP contribution is 2.19. The minimum absolute atomic E-state index is 0.205. The number of rotatable bonds is 8. The zero-order chi connectivity index (χ0) is 20.5. The molecule has 0 aliphatic carbocycles. The van der Waals surface area contributed by atoms with Crippen molar-refractivity contribution in [3.8, 4) is 5.75 Å². The molecule has 0 atom stereocenters. The standard InChI is InChI=1S/C23H30FN3O2/c1-2-11-27-12-9-18(10-13-27)16-25-23(28)26-21-7-4-8-22(15-21)29-17-19-5-3-6-20(24)14-19/h3-8,14-15,18H,2,9-13,16-17H2,1H3,(H2,25,26,28). The Morgan fingerprint density at radius 1 is 1.17 bits per heavy atom. The lowest BCUT2D eigenvalue weighted by molar-refractivity contribution is 0.182. The highest BCUT2D eigenvalue weighted by molar-refractivity contribution is 5.89. The first-order valence-corrected chi connectivity index (χ1v) is 10.4. The number of nitrogens with zero attached hydrogens (tertiary/aromatic N) is 1. The Balaban J connectivity index is 1.42. The number of hydrogen-bond donors (Lipinski definition) is 2. The molecule has 156 valence electrons. The fourth-order valence-corrected chi connectivity index (χ4v) is 3.60. The molecule has 2 aromatic rings. The number of urea groups is 1. The van der Waals surface area contributed by atoms with Crippen molar-refractivity contribution in [3.63, 3.8) is 0 Å². The van der Waals surface area contributed by atoms with E-state index in [2.05, 4.69) is 22.5 Å². The van der Waals surface area contributed by atoms with E-state index in [0.29, 0.717) is 23.9 Å². The molecular formula is C23H30FN3O2. The van der Waals surface area contributed by atoms with Crippen LogP contribution in [0.2, 0.25) is 0 Å². The molecule has 1 fully saturated rings.